The van der Waals surface area contributed by atoms with Crippen molar-refractivity contribution in [3.8, 4) is 5.75 Å². The van der Waals surface area contributed by atoms with Gasteiger partial charge in [0.15, 0.2) is 0 Å². The van der Waals surface area contributed by atoms with Crippen molar-refractivity contribution in [2.45, 2.75) is 33.7 Å². The first kappa shape index (κ1) is 19.2. The number of nitrogens with zero attached hydrogens (tertiary/aromatic N) is 2. The molecule has 1 atom stereocenters. The van der Waals surface area contributed by atoms with Crippen LogP contribution in [-0.4, -0.2) is 60.4 Å². The standard InChI is InChI=1S/C19H29N3O3/c1-5-25-15-9-7-6-8-14(15)17(23)21-10-12-22(13-11-21)18(24)16(20)19(2,3)4/h6-9,16H,5,10-13,20H2,1-4H3/t16-/m1/s1. The Morgan fingerprint density at radius 1 is 1.12 bits per heavy atom. The van der Waals surface area contributed by atoms with Crippen molar-refractivity contribution in [3.63, 3.8) is 0 Å². The quantitative estimate of drug-likeness (QED) is 0.900. The number of rotatable bonds is 4. The van der Waals surface area contributed by atoms with Gasteiger partial charge < -0.3 is 20.3 Å². The molecule has 1 fully saturated rings. The van der Waals surface area contributed by atoms with Crippen molar-refractivity contribution >= 4 is 11.8 Å². The van der Waals surface area contributed by atoms with E-state index in [4.69, 9.17) is 10.5 Å². The first-order chi connectivity index (χ1) is 11.8. The number of hydrogen-bond donors (Lipinski definition) is 1. The lowest BCUT2D eigenvalue weighted by atomic mass is 9.86. The molecule has 0 radical (unpaired) electrons. The molecule has 138 valence electrons. The molecule has 2 rings (SSSR count). The number of carbonyl (C=O) groups is 2. The van der Waals surface area contributed by atoms with Gasteiger partial charge in [0.2, 0.25) is 5.91 Å². The lowest BCUT2D eigenvalue weighted by Gasteiger charge is -2.38. The molecule has 0 saturated carbocycles. The van der Waals surface area contributed by atoms with E-state index in [1.165, 1.54) is 0 Å². The van der Waals surface area contributed by atoms with Gasteiger partial charge in [-0.25, -0.2) is 0 Å². The highest BCUT2D eigenvalue weighted by Gasteiger charge is 2.33. The van der Waals surface area contributed by atoms with Crippen LogP contribution in [0.25, 0.3) is 0 Å². The van der Waals surface area contributed by atoms with Crippen molar-refractivity contribution < 1.29 is 14.3 Å². The summed E-state index contributed by atoms with van der Waals surface area (Å²) in [5.74, 6) is 0.494. The average molecular weight is 347 g/mol. The molecule has 25 heavy (non-hydrogen) atoms. The van der Waals surface area contributed by atoms with Crippen molar-refractivity contribution in [1.82, 2.24) is 9.80 Å². The summed E-state index contributed by atoms with van der Waals surface area (Å²) in [4.78, 5) is 28.8. The predicted molar refractivity (Wildman–Crippen MR) is 97.5 cm³/mol. The lowest BCUT2D eigenvalue weighted by molar-refractivity contribution is -0.136. The Morgan fingerprint density at radius 2 is 1.68 bits per heavy atom. The second-order valence-electron chi connectivity index (χ2n) is 7.39. The van der Waals surface area contributed by atoms with Crippen LogP contribution in [0, 0.1) is 5.41 Å². The van der Waals surface area contributed by atoms with Crippen LogP contribution < -0.4 is 10.5 Å². The molecule has 0 spiro atoms. The maximum absolute atomic E-state index is 12.8. The van der Waals surface area contributed by atoms with Crippen molar-refractivity contribution in [1.29, 1.82) is 0 Å². The van der Waals surface area contributed by atoms with Gasteiger partial charge in [-0.1, -0.05) is 32.9 Å². The second kappa shape index (κ2) is 7.87. The normalized spacial score (nSPS) is 16.5. The zero-order valence-electron chi connectivity index (χ0n) is 15.6. The Kier molecular flexibility index (Phi) is 6.06. The van der Waals surface area contributed by atoms with Crippen LogP contribution in [0.15, 0.2) is 24.3 Å². The van der Waals surface area contributed by atoms with Crippen LogP contribution in [0.4, 0.5) is 0 Å². The van der Waals surface area contributed by atoms with E-state index < -0.39 is 6.04 Å². The molecule has 2 N–H and O–H groups in total. The molecule has 0 unspecified atom stereocenters. The fourth-order valence-corrected chi connectivity index (χ4v) is 2.79. The van der Waals surface area contributed by atoms with Gasteiger partial charge in [-0.05, 0) is 24.5 Å². The highest BCUT2D eigenvalue weighted by molar-refractivity contribution is 5.97. The molecule has 1 aliphatic rings. The lowest BCUT2D eigenvalue weighted by Crippen LogP contribution is -2.57. The van der Waals surface area contributed by atoms with Gasteiger partial charge in [0.05, 0.1) is 18.2 Å². The maximum atomic E-state index is 12.8. The number of carbonyl (C=O) groups excluding carboxylic acids is 2. The van der Waals surface area contributed by atoms with E-state index in [-0.39, 0.29) is 17.2 Å². The Labute approximate surface area is 149 Å². The molecule has 6 nitrogen and oxygen atoms in total. The van der Waals surface area contributed by atoms with Gasteiger partial charge in [0.1, 0.15) is 5.75 Å². The summed E-state index contributed by atoms with van der Waals surface area (Å²) in [6.45, 7) is 10.3. The first-order valence-electron chi connectivity index (χ1n) is 8.81. The van der Waals surface area contributed by atoms with E-state index in [1.54, 1.807) is 21.9 Å². The van der Waals surface area contributed by atoms with Crippen molar-refractivity contribution in [2.24, 2.45) is 11.1 Å². The summed E-state index contributed by atoms with van der Waals surface area (Å²) in [7, 11) is 0. The maximum Gasteiger partial charge on any atom is 0.257 e. The summed E-state index contributed by atoms with van der Waals surface area (Å²) in [6, 6.07) is 6.73. The molecule has 0 aromatic heterocycles. The highest BCUT2D eigenvalue weighted by Crippen LogP contribution is 2.22. The predicted octanol–water partition coefficient (Wildman–Crippen LogP) is 1.74. The Hall–Kier alpha value is -2.08. The van der Waals surface area contributed by atoms with Gasteiger partial charge in [-0.3, -0.25) is 9.59 Å². The number of benzene rings is 1. The van der Waals surface area contributed by atoms with Gasteiger partial charge in [-0.2, -0.15) is 0 Å². The van der Waals surface area contributed by atoms with Gasteiger partial charge >= 0.3 is 0 Å². The van der Waals surface area contributed by atoms with Crippen LogP contribution in [0.5, 0.6) is 5.75 Å². The van der Waals surface area contributed by atoms with Gasteiger partial charge in [0.25, 0.3) is 5.91 Å². The van der Waals surface area contributed by atoms with Crippen LogP contribution in [0.1, 0.15) is 38.1 Å². The third-order valence-corrected chi connectivity index (χ3v) is 4.49. The Morgan fingerprint density at radius 3 is 2.24 bits per heavy atom. The SMILES string of the molecule is CCOc1ccccc1C(=O)N1CCN(C(=O)[C@@H](N)C(C)(C)C)CC1. The minimum atomic E-state index is -0.534. The molecule has 2 amide bonds. The third-order valence-electron chi connectivity index (χ3n) is 4.49. The number of piperazine rings is 1. The molecule has 1 aliphatic heterocycles. The minimum Gasteiger partial charge on any atom is -0.493 e. The van der Waals surface area contributed by atoms with Crippen molar-refractivity contribution in [2.75, 3.05) is 32.8 Å². The molecular formula is C19H29N3O3. The Balaban J connectivity index is 2.01. The number of ether oxygens (including phenoxy) is 1. The minimum absolute atomic E-state index is 0.0469. The van der Waals surface area contributed by atoms with Crippen LogP contribution in [0.2, 0.25) is 0 Å². The van der Waals surface area contributed by atoms with Gasteiger partial charge in [-0.15, -0.1) is 0 Å². The molecule has 0 aliphatic carbocycles. The topological polar surface area (TPSA) is 75.9 Å². The second-order valence-corrected chi connectivity index (χ2v) is 7.39. The Bertz CT molecular complexity index is 617. The third kappa shape index (κ3) is 4.51. The largest absolute Gasteiger partial charge is 0.493 e. The number of amides is 2. The van der Waals surface area contributed by atoms with Crippen molar-refractivity contribution in [3.05, 3.63) is 29.8 Å². The fraction of sp³-hybridized carbons (Fsp3) is 0.579. The summed E-state index contributed by atoms with van der Waals surface area (Å²) in [5, 5.41) is 0. The average Bonchev–Trinajstić information content (AvgIpc) is 2.60. The molecule has 6 heteroatoms. The monoisotopic (exact) mass is 347 g/mol. The summed E-state index contributed by atoms with van der Waals surface area (Å²) in [5.41, 5.74) is 6.36. The molecule has 1 saturated heterocycles. The fourth-order valence-electron chi connectivity index (χ4n) is 2.79. The van der Waals surface area contributed by atoms with E-state index in [9.17, 15) is 9.59 Å². The van der Waals surface area contributed by atoms with Crippen LogP contribution in [-0.2, 0) is 4.79 Å². The number of para-hydroxylation sites is 1. The van der Waals surface area contributed by atoms with E-state index in [0.717, 1.165) is 0 Å². The molecule has 1 aromatic carbocycles. The first-order valence-corrected chi connectivity index (χ1v) is 8.81. The molecule has 1 aromatic rings. The zero-order valence-corrected chi connectivity index (χ0v) is 15.6. The summed E-state index contributed by atoms with van der Waals surface area (Å²) in [6.07, 6.45) is 0. The number of nitrogens with two attached hydrogens (primary N) is 1. The summed E-state index contributed by atoms with van der Waals surface area (Å²) >= 11 is 0. The van der Waals surface area contributed by atoms with Gasteiger partial charge in [0, 0.05) is 26.2 Å². The van der Waals surface area contributed by atoms with Crippen LogP contribution in [0.3, 0.4) is 0 Å². The zero-order chi connectivity index (χ0) is 18.6. The molecule has 0 bridgehead atoms. The number of hydrogen-bond acceptors (Lipinski definition) is 4. The molecular weight excluding hydrogens is 318 g/mol. The molecule has 1 heterocycles. The van der Waals surface area contributed by atoms with E-state index in [0.29, 0.717) is 44.1 Å². The van der Waals surface area contributed by atoms with E-state index in [2.05, 4.69) is 0 Å². The smallest absolute Gasteiger partial charge is 0.257 e. The van der Waals surface area contributed by atoms with Crippen LogP contribution >= 0.6 is 0 Å². The van der Waals surface area contributed by atoms with E-state index in [1.807, 2.05) is 39.8 Å². The van der Waals surface area contributed by atoms with E-state index >= 15 is 0 Å². The highest BCUT2D eigenvalue weighted by atomic mass is 16.5. The summed E-state index contributed by atoms with van der Waals surface area (Å²) < 4.78 is 5.55.